The smallest absolute Gasteiger partial charge is 0.224 e. The average Bonchev–Trinajstić information content (AvgIpc) is 2.66. The summed E-state index contributed by atoms with van der Waals surface area (Å²) in [7, 11) is 0. The first-order chi connectivity index (χ1) is 12.8. The van der Waals surface area contributed by atoms with Gasteiger partial charge in [0.1, 0.15) is 0 Å². The van der Waals surface area contributed by atoms with Crippen LogP contribution >= 0.6 is 23.2 Å². The summed E-state index contributed by atoms with van der Waals surface area (Å²) >= 11 is 11.8. The third kappa shape index (κ3) is 7.89. The molecule has 0 unspecified atom stereocenters. The van der Waals surface area contributed by atoms with E-state index in [4.69, 9.17) is 28.3 Å². The summed E-state index contributed by atoms with van der Waals surface area (Å²) in [4.78, 5) is 22.3. The first-order valence-electron chi connectivity index (χ1n) is 8.57. The number of aliphatic hydroxyl groups excluding tert-OH is 1. The molecule has 0 saturated heterocycles. The molecule has 28 heavy (non-hydrogen) atoms. The Labute approximate surface area is 177 Å². The molecule has 0 heterocycles. The van der Waals surface area contributed by atoms with Gasteiger partial charge in [-0.1, -0.05) is 68.7 Å². The molecule has 0 aromatic heterocycles. The maximum atomic E-state index is 11.2. The van der Waals surface area contributed by atoms with Crippen LogP contribution in [0.15, 0.2) is 36.4 Å². The molecular formula is C21H28Cl2N2O3. The number of para-hydroxylation sites is 2. The molecule has 0 spiro atoms. The number of halogens is 2. The highest BCUT2D eigenvalue weighted by Gasteiger charge is 2.08. The second kappa shape index (κ2) is 13.2. The molecule has 0 aliphatic heterocycles. The fourth-order valence-electron chi connectivity index (χ4n) is 2.09. The average molecular weight is 427 g/mol. The standard InChI is InChI=1S/C10H12ClNO2.C10H12ClNO.CH4/c1-2-9(14)12-10-7(6-13)4-3-5-8(10)11;1-3-9(13)12-10-7(2)5-4-6-8(10)11;/h3-5,13H,2,6H2,1H3,(H,12,14);4-6H,3H2,1-2H3,(H,12,13);1H4. The van der Waals surface area contributed by atoms with Crippen molar-refractivity contribution in [1.82, 2.24) is 0 Å². The molecule has 2 aromatic rings. The number of aryl methyl sites for hydroxylation is 1. The van der Waals surface area contributed by atoms with Crippen molar-refractivity contribution in [2.45, 2.75) is 47.6 Å². The van der Waals surface area contributed by atoms with Crippen LogP contribution in [0.1, 0.15) is 45.2 Å². The van der Waals surface area contributed by atoms with Crippen LogP contribution in [0.3, 0.4) is 0 Å². The number of amides is 2. The molecule has 2 amide bonds. The zero-order valence-corrected chi connectivity index (χ0v) is 17.1. The van der Waals surface area contributed by atoms with Crippen molar-refractivity contribution >= 4 is 46.4 Å². The van der Waals surface area contributed by atoms with Gasteiger partial charge >= 0.3 is 0 Å². The molecule has 0 aliphatic carbocycles. The highest BCUT2D eigenvalue weighted by molar-refractivity contribution is 6.34. The molecular weight excluding hydrogens is 399 g/mol. The van der Waals surface area contributed by atoms with Gasteiger partial charge in [0, 0.05) is 18.4 Å². The Bertz CT molecular complexity index is 775. The minimum Gasteiger partial charge on any atom is -0.392 e. The summed E-state index contributed by atoms with van der Waals surface area (Å²) in [6.07, 6.45) is 0.848. The summed E-state index contributed by atoms with van der Waals surface area (Å²) in [5, 5.41) is 15.5. The van der Waals surface area contributed by atoms with E-state index in [1.165, 1.54) is 0 Å². The van der Waals surface area contributed by atoms with Crippen molar-refractivity contribution in [1.29, 1.82) is 0 Å². The predicted octanol–water partition coefficient (Wildman–Crippen LogP) is 5.81. The summed E-state index contributed by atoms with van der Waals surface area (Å²) in [6, 6.07) is 10.7. The van der Waals surface area contributed by atoms with Crippen LogP contribution in [-0.2, 0) is 16.2 Å². The Morgan fingerprint density at radius 2 is 1.36 bits per heavy atom. The van der Waals surface area contributed by atoms with Crippen molar-refractivity contribution < 1.29 is 14.7 Å². The van der Waals surface area contributed by atoms with Gasteiger partial charge in [-0.2, -0.15) is 0 Å². The number of carbonyl (C=O) groups excluding carboxylic acids is 2. The quantitative estimate of drug-likeness (QED) is 0.563. The van der Waals surface area contributed by atoms with E-state index in [1.54, 1.807) is 31.2 Å². The van der Waals surface area contributed by atoms with Crippen LogP contribution in [0.2, 0.25) is 10.0 Å². The Kier molecular flexibility index (Phi) is 12.2. The molecule has 2 rings (SSSR count). The van der Waals surface area contributed by atoms with Crippen molar-refractivity contribution in [2.24, 2.45) is 0 Å². The summed E-state index contributed by atoms with van der Waals surface area (Å²) in [5.41, 5.74) is 2.83. The molecule has 0 bridgehead atoms. The van der Waals surface area contributed by atoms with Crippen molar-refractivity contribution in [3.63, 3.8) is 0 Å². The molecule has 2 aromatic carbocycles. The molecule has 0 atom stereocenters. The molecule has 7 heteroatoms. The lowest BCUT2D eigenvalue weighted by atomic mass is 10.2. The van der Waals surface area contributed by atoms with E-state index in [0.29, 0.717) is 34.1 Å². The largest absolute Gasteiger partial charge is 0.392 e. The highest BCUT2D eigenvalue weighted by Crippen LogP contribution is 2.26. The summed E-state index contributed by atoms with van der Waals surface area (Å²) < 4.78 is 0. The highest BCUT2D eigenvalue weighted by atomic mass is 35.5. The molecule has 5 nitrogen and oxygen atoms in total. The van der Waals surface area contributed by atoms with Crippen LogP contribution in [0.4, 0.5) is 11.4 Å². The van der Waals surface area contributed by atoms with Gasteiger partial charge in [-0.25, -0.2) is 0 Å². The molecule has 3 N–H and O–H groups in total. The summed E-state index contributed by atoms with van der Waals surface area (Å²) in [6.45, 7) is 5.34. The maximum absolute atomic E-state index is 11.2. The SMILES string of the molecule is C.CCC(=O)Nc1c(C)cccc1Cl.CCC(=O)Nc1c(Cl)cccc1CO. The number of rotatable bonds is 5. The normalized spacial score (nSPS) is 9.50. The van der Waals surface area contributed by atoms with Crippen molar-refractivity contribution in [2.75, 3.05) is 10.6 Å². The minimum atomic E-state index is -0.139. The molecule has 0 aliphatic rings. The fourth-order valence-corrected chi connectivity index (χ4v) is 2.60. The first kappa shape index (κ1) is 25.9. The number of carbonyl (C=O) groups is 2. The Hall–Kier alpha value is -2.08. The number of anilines is 2. The van der Waals surface area contributed by atoms with E-state index in [1.807, 2.05) is 26.0 Å². The zero-order chi connectivity index (χ0) is 20.4. The van der Waals surface area contributed by atoms with Gasteiger partial charge in [0.15, 0.2) is 0 Å². The number of hydrogen-bond acceptors (Lipinski definition) is 3. The lowest BCUT2D eigenvalue weighted by Gasteiger charge is -2.10. The van der Waals surface area contributed by atoms with E-state index in [0.717, 1.165) is 11.3 Å². The van der Waals surface area contributed by atoms with Gasteiger partial charge in [0.2, 0.25) is 11.8 Å². The Morgan fingerprint density at radius 3 is 1.82 bits per heavy atom. The van der Waals surface area contributed by atoms with Crippen LogP contribution in [0, 0.1) is 6.92 Å². The van der Waals surface area contributed by atoms with Gasteiger partial charge in [-0.05, 0) is 24.6 Å². The van der Waals surface area contributed by atoms with Crippen LogP contribution < -0.4 is 10.6 Å². The maximum Gasteiger partial charge on any atom is 0.224 e. The molecule has 154 valence electrons. The van der Waals surface area contributed by atoms with Gasteiger partial charge in [0.05, 0.1) is 28.0 Å². The molecule has 0 saturated carbocycles. The van der Waals surface area contributed by atoms with Crippen LogP contribution in [0.25, 0.3) is 0 Å². The monoisotopic (exact) mass is 426 g/mol. The van der Waals surface area contributed by atoms with E-state index >= 15 is 0 Å². The van der Waals surface area contributed by atoms with Gasteiger partial charge in [-0.15, -0.1) is 0 Å². The van der Waals surface area contributed by atoms with E-state index in [-0.39, 0.29) is 25.8 Å². The number of aliphatic hydroxyl groups is 1. The topological polar surface area (TPSA) is 78.4 Å². The Balaban J connectivity index is 0.000000504. The number of nitrogens with one attached hydrogen (secondary N) is 2. The van der Waals surface area contributed by atoms with Gasteiger partial charge in [0.25, 0.3) is 0 Å². The second-order valence-electron chi connectivity index (χ2n) is 5.67. The first-order valence-corrected chi connectivity index (χ1v) is 9.32. The second-order valence-corrected chi connectivity index (χ2v) is 6.48. The minimum absolute atomic E-state index is 0. The lowest BCUT2D eigenvalue weighted by Crippen LogP contribution is -2.11. The van der Waals surface area contributed by atoms with Gasteiger partial charge in [-0.3, -0.25) is 9.59 Å². The number of hydrogen-bond donors (Lipinski definition) is 3. The van der Waals surface area contributed by atoms with E-state index in [9.17, 15) is 9.59 Å². The molecule has 0 radical (unpaired) electrons. The van der Waals surface area contributed by atoms with E-state index < -0.39 is 0 Å². The van der Waals surface area contributed by atoms with Crippen molar-refractivity contribution in [3.8, 4) is 0 Å². The van der Waals surface area contributed by atoms with Gasteiger partial charge < -0.3 is 15.7 Å². The predicted molar refractivity (Wildman–Crippen MR) is 118 cm³/mol. The fraction of sp³-hybridized carbons (Fsp3) is 0.333. The summed E-state index contributed by atoms with van der Waals surface area (Å²) in [5.74, 6) is -0.135. The van der Waals surface area contributed by atoms with Crippen LogP contribution in [-0.4, -0.2) is 16.9 Å². The Morgan fingerprint density at radius 1 is 0.893 bits per heavy atom. The molecule has 0 fully saturated rings. The number of benzene rings is 2. The van der Waals surface area contributed by atoms with E-state index in [2.05, 4.69) is 10.6 Å². The van der Waals surface area contributed by atoms with Crippen LogP contribution in [0.5, 0.6) is 0 Å². The third-order valence-electron chi connectivity index (χ3n) is 3.66. The zero-order valence-electron chi connectivity index (χ0n) is 15.6. The third-order valence-corrected chi connectivity index (χ3v) is 4.29. The lowest BCUT2D eigenvalue weighted by molar-refractivity contribution is -0.116. The van der Waals surface area contributed by atoms with Crippen molar-refractivity contribution in [3.05, 3.63) is 57.6 Å².